The number of alkyl halides is 1. The summed E-state index contributed by atoms with van der Waals surface area (Å²) in [6.45, 7) is 0. The van der Waals surface area contributed by atoms with E-state index in [9.17, 15) is 4.39 Å². The summed E-state index contributed by atoms with van der Waals surface area (Å²) in [6, 6.07) is 13.7. The summed E-state index contributed by atoms with van der Waals surface area (Å²) in [7, 11) is 0. The molecule has 0 amide bonds. The maximum atomic E-state index is 13.2. The lowest BCUT2D eigenvalue weighted by molar-refractivity contribution is 0.476. The van der Waals surface area contributed by atoms with Crippen molar-refractivity contribution in [2.24, 2.45) is 0 Å². The Morgan fingerprint density at radius 2 is 1.75 bits per heavy atom. The molecule has 0 aliphatic carbocycles. The molecule has 0 unspecified atom stereocenters. The lowest BCUT2D eigenvalue weighted by Gasteiger charge is -2.06. The summed E-state index contributed by atoms with van der Waals surface area (Å²) in [5.74, 6) is 1.06. The fourth-order valence-electron chi connectivity index (χ4n) is 1.38. The van der Waals surface area contributed by atoms with Crippen molar-refractivity contribution in [1.29, 1.82) is 0 Å². The zero-order valence-corrected chi connectivity index (χ0v) is 9.25. The third-order valence-electron chi connectivity index (χ3n) is 2.06. The summed E-state index contributed by atoms with van der Waals surface area (Å²) in [5, 5.41) is 0. The summed E-state index contributed by atoms with van der Waals surface area (Å²) in [4.78, 5) is 0. The van der Waals surface area contributed by atoms with Crippen molar-refractivity contribution in [3.63, 3.8) is 0 Å². The first kappa shape index (κ1) is 11.0. The minimum absolute atomic E-state index is 0.267. The third kappa shape index (κ3) is 2.74. The van der Waals surface area contributed by atoms with Gasteiger partial charge in [0.25, 0.3) is 0 Å². The molecule has 0 radical (unpaired) electrons. The van der Waals surface area contributed by atoms with Crippen LogP contribution in [-0.2, 0) is 5.88 Å². The van der Waals surface area contributed by atoms with Gasteiger partial charge in [-0.05, 0) is 29.8 Å². The molecule has 3 heteroatoms. The molecule has 16 heavy (non-hydrogen) atoms. The summed E-state index contributed by atoms with van der Waals surface area (Å²) >= 11 is 5.65. The Morgan fingerprint density at radius 3 is 2.44 bits per heavy atom. The first-order chi connectivity index (χ1) is 7.78. The lowest BCUT2D eigenvalue weighted by atomic mass is 10.2. The van der Waals surface area contributed by atoms with E-state index in [1.165, 1.54) is 12.1 Å². The van der Waals surface area contributed by atoms with Gasteiger partial charge in [0.05, 0.1) is 0 Å². The minimum atomic E-state index is -0.343. The van der Waals surface area contributed by atoms with E-state index in [0.29, 0.717) is 17.1 Å². The molecule has 0 aliphatic heterocycles. The van der Waals surface area contributed by atoms with Gasteiger partial charge in [0.1, 0.15) is 17.3 Å². The van der Waals surface area contributed by atoms with E-state index < -0.39 is 0 Å². The summed E-state index contributed by atoms with van der Waals surface area (Å²) in [5.41, 5.74) is 0.701. The van der Waals surface area contributed by atoms with Gasteiger partial charge in [-0.25, -0.2) is 4.39 Å². The second-order valence-corrected chi connectivity index (χ2v) is 3.61. The molecular weight excluding hydrogens is 227 g/mol. The topological polar surface area (TPSA) is 9.23 Å². The first-order valence-corrected chi connectivity index (χ1v) is 5.40. The molecule has 2 rings (SSSR count). The number of hydrogen-bond acceptors (Lipinski definition) is 1. The van der Waals surface area contributed by atoms with Gasteiger partial charge in [0, 0.05) is 11.9 Å². The average Bonchev–Trinajstić information content (AvgIpc) is 2.29. The van der Waals surface area contributed by atoms with E-state index in [-0.39, 0.29) is 11.7 Å². The largest absolute Gasteiger partial charge is 0.457 e. The number of benzene rings is 2. The Hall–Kier alpha value is -1.54. The van der Waals surface area contributed by atoms with E-state index in [4.69, 9.17) is 16.3 Å². The molecule has 2 aromatic rings. The van der Waals surface area contributed by atoms with E-state index in [2.05, 4.69) is 0 Å². The number of ether oxygens (including phenoxy) is 1. The molecule has 2 aromatic carbocycles. The van der Waals surface area contributed by atoms with Crippen LogP contribution >= 0.6 is 11.6 Å². The van der Waals surface area contributed by atoms with Crippen LogP contribution in [0.1, 0.15) is 5.56 Å². The zero-order chi connectivity index (χ0) is 11.4. The zero-order valence-electron chi connectivity index (χ0n) is 8.49. The van der Waals surface area contributed by atoms with Crippen LogP contribution < -0.4 is 4.74 Å². The second kappa shape index (κ2) is 4.99. The number of halogens is 2. The van der Waals surface area contributed by atoms with Crippen molar-refractivity contribution in [1.82, 2.24) is 0 Å². The predicted molar refractivity (Wildman–Crippen MR) is 62.5 cm³/mol. The van der Waals surface area contributed by atoms with Crippen molar-refractivity contribution in [2.45, 2.75) is 5.88 Å². The van der Waals surface area contributed by atoms with Gasteiger partial charge in [0.2, 0.25) is 0 Å². The monoisotopic (exact) mass is 236 g/mol. The Morgan fingerprint density at radius 1 is 1.00 bits per heavy atom. The van der Waals surface area contributed by atoms with Crippen LogP contribution in [-0.4, -0.2) is 0 Å². The Bertz CT molecular complexity index is 471. The Kier molecular flexibility index (Phi) is 3.42. The van der Waals surface area contributed by atoms with Gasteiger partial charge in [-0.1, -0.05) is 18.2 Å². The van der Waals surface area contributed by atoms with E-state index in [0.717, 1.165) is 0 Å². The molecular formula is C13H10ClFO. The molecule has 0 aromatic heterocycles. The maximum Gasteiger partial charge on any atom is 0.130 e. The highest BCUT2D eigenvalue weighted by Crippen LogP contribution is 2.23. The van der Waals surface area contributed by atoms with Crippen LogP contribution in [0.25, 0.3) is 0 Å². The molecule has 0 atom stereocenters. The molecule has 0 N–H and O–H groups in total. The standard InChI is InChI=1S/C13H10ClFO/c14-9-10-6-11(15)8-13(7-10)16-12-4-2-1-3-5-12/h1-8H,9H2. The molecule has 0 saturated carbocycles. The summed E-state index contributed by atoms with van der Waals surface area (Å²) < 4.78 is 18.7. The van der Waals surface area contributed by atoms with Crippen LogP contribution in [0.5, 0.6) is 11.5 Å². The van der Waals surface area contributed by atoms with Crippen molar-refractivity contribution in [3.05, 3.63) is 59.9 Å². The van der Waals surface area contributed by atoms with E-state index in [1.54, 1.807) is 6.07 Å². The van der Waals surface area contributed by atoms with Gasteiger partial charge in [-0.15, -0.1) is 11.6 Å². The van der Waals surface area contributed by atoms with Gasteiger partial charge >= 0.3 is 0 Å². The third-order valence-corrected chi connectivity index (χ3v) is 2.37. The SMILES string of the molecule is Fc1cc(CCl)cc(Oc2ccccc2)c1. The highest BCUT2D eigenvalue weighted by atomic mass is 35.5. The molecule has 82 valence electrons. The highest BCUT2D eigenvalue weighted by Gasteiger charge is 2.02. The van der Waals surface area contributed by atoms with Gasteiger partial charge in [-0.3, -0.25) is 0 Å². The van der Waals surface area contributed by atoms with Crippen LogP contribution in [0.2, 0.25) is 0 Å². The van der Waals surface area contributed by atoms with Crippen molar-refractivity contribution in [3.8, 4) is 11.5 Å². The fourth-order valence-corrected chi connectivity index (χ4v) is 1.54. The molecule has 0 fully saturated rings. The minimum Gasteiger partial charge on any atom is -0.457 e. The first-order valence-electron chi connectivity index (χ1n) is 4.86. The average molecular weight is 237 g/mol. The quantitative estimate of drug-likeness (QED) is 0.720. The predicted octanol–water partition coefficient (Wildman–Crippen LogP) is 4.36. The van der Waals surface area contributed by atoms with Crippen molar-refractivity contribution < 1.29 is 9.13 Å². The summed E-state index contributed by atoms with van der Waals surface area (Å²) in [6.07, 6.45) is 0. The number of hydrogen-bond donors (Lipinski definition) is 0. The fraction of sp³-hybridized carbons (Fsp3) is 0.0769. The van der Waals surface area contributed by atoms with E-state index in [1.807, 2.05) is 30.3 Å². The van der Waals surface area contributed by atoms with Crippen molar-refractivity contribution >= 4 is 11.6 Å². The van der Waals surface area contributed by atoms with Crippen LogP contribution in [0.15, 0.2) is 48.5 Å². The molecule has 0 bridgehead atoms. The van der Waals surface area contributed by atoms with Crippen molar-refractivity contribution in [2.75, 3.05) is 0 Å². The number of para-hydroxylation sites is 1. The van der Waals surface area contributed by atoms with Gasteiger partial charge < -0.3 is 4.74 Å². The smallest absolute Gasteiger partial charge is 0.130 e. The van der Waals surface area contributed by atoms with Gasteiger partial charge in [0.15, 0.2) is 0 Å². The van der Waals surface area contributed by atoms with Crippen LogP contribution in [0.3, 0.4) is 0 Å². The highest BCUT2D eigenvalue weighted by molar-refractivity contribution is 6.17. The molecule has 0 aliphatic rings. The van der Waals surface area contributed by atoms with Crippen LogP contribution in [0, 0.1) is 5.82 Å². The van der Waals surface area contributed by atoms with Gasteiger partial charge in [-0.2, -0.15) is 0 Å². The molecule has 0 heterocycles. The number of rotatable bonds is 3. The molecule has 1 nitrogen and oxygen atoms in total. The normalized spacial score (nSPS) is 10.1. The second-order valence-electron chi connectivity index (χ2n) is 3.34. The van der Waals surface area contributed by atoms with E-state index >= 15 is 0 Å². The maximum absolute atomic E-state index is 13.2. The lowest BCUT2D eigenvalue weighted by Crippen LogP contribution is -1.88. The Labute approximate surface area is 98.4 Å². The van der Waals surface area contributed by atoms with Crippen LogP contribution in [0.4, 0.5) is 4.39 Å². The molecule has 0 spiro atoms. The Balaban J connectivity index is 2.24. The molecule has 0 saturated heterocycles.